The van der Waals surface area contributed by atoms with Gasteiger partial charge in [-0.2, -0.15) is 0 Å². The van der Waals surface area contributed by atoms with E-state index in [2.05, 4.69) is 10.6 Å². The van der Waals surface area contributed by atoms with Crippen LogP contribution in [0.4, 0.5) is 13.6 Å². The van der Waals surface area contributed by atoms with Gasteiger partial charge in [0.15, 0.2) is 11.6 Å². The molecule has 0 aliphatic carbocycles. The topological polar surface area (TPSA) is 70.7 Å². The molecule has 0 saturated carbocycles. The summed E-state index contributed by atoms with van der Waals surface area (Å²) in [4.78, 5) is 26.6. The van der Waals surface area contributed by atoms with Gasteiger partial charge >= 0.3 is 6.03 Å². The van der Waals surface area contributed by atoms with Crippen molar-refractivity contribution in [2.24, 2.45) is 0 Å². The van der Waals surface area contributed by atoms with Crippen LogP contribution in [0.15, 0.2) is 48.5 Å². The maximum absolute atomic E-state index is 13.6. The largest absolute Gasteiger partial charge is 0.371 e. The molecule has 0 bridgehead atoms. The fourth-order valence-corrected chi connectivity index (χ4v) is 3.29. The summed E-state index contributed by atoms with van der Waals surface area (Å²) < 4.78 is 32.4. The van der Waals surface area contributed by atoms with Crippen molar-refractivity contribution >= 4 is 11.9 Å². The Kier molecular flexibility index (Phi) is 6.43. The van der Waals surface area contributed by atoms with Crippen LogP contribution in [0.25, 0.3) is 0 Å². The predicted octanol–water partition coefficient (Wildman–Crippen LogP) is 2.92. The first-order valence-electron chi connectivity index (χ1n) is 9.26. The van der Waals surface area contributed by atoms with Crippen molar-refractivity contribution in [2.75, 3.05) is 20.7 Å². The highest BCUT2D eigenvalue weighted by atomic mass is 19.2. The number of likely N-dealkylation sites (N-methyl/N-ethyl adjacent to an activating group) is 1. The van der Waals surface area contributed by atoms with Crippen LogP contribution in [-0.4, -0.2) is 43.6 Å². The molecule has 0 aromatic heterocycles. The molecule has 3 rings (SSSR count). The first-order valence-corrected chi connectivity index (χ1v) is 9.26. The second kappa shape index (κ2) is 9.00. The van der Waals surface area contributed by atoms with E-state index in [1.807, 2.05) is 6.07 Å². The molecule has 1 fully saturated rings. The number of hydrogen-bond donors (Lipinski definition) is 2. The third-order valence-electron chi connectivity index (χ3n) is 4.78. The molecule has 0 spiro atoms. The molecule has 154 valence electrons. The Hall–Kier alpha value is -3.00. The van der Waals surface area contributed by atoms with Gasteiger partial charge in [0.2, 0.25) is 5.91 Å². The van der Waals surface area contributed by atoms with Crippen molar-refractivity contribution in [3.63, 3.8) is 0 Å². The van der Waals surface area contributed by atoms with Crippen molar-refractivity contribution in [1.29, 1.82) is 0 Å². The molecule has 6 nitrogen and oxygen atoms in total. The van der Waals surface area contributed by atoms with E-state index in [-0.39, 0.29) is 5.91 Å². The molecule has 2 aromatic rings. The van der Waals surface area contributed by atoms with Crippen molar-refractivity contribution in [3.05, 3.63) is 71.3 Å². The zero-order chi connectivity index (χ0) is 21.0. The number of ether oxygens (including phenoxy) is 1. The van der Waals surface area contributed by atoms with Gasteiger partial charge in [-0.05, 0) is 29.7 Å². The lowest BCUT2D eigenvalue weighted by molar-refractivity contribution is -0.130. The number of halogens is 2. The van der Waals surface area contributed by atoms with E-state index >= 15 is 0 Å². The molecule has 1 saturated heterocycles. The first kappa shape index (κ1) is 20.7. The van der Waals surface area contributed by atoms with Crippen LogP contribution in [0.2, 0.25) is 0 Å². The molecule has 0 unspecified atom stereocenters. The summed E-state index contributed by atoms with van der Waals surface area (Å²) >= 11 is 0. The molecule has 1 heterocycles. The summed E-state index contributed by atoms with van der Waals surface area (Å²) in [7, 11) is 3.23. The van der Waals surface area contributed by atoms with E-state index in [0.29, 0.717) is 24.2 Å². The number of rotatable bonds is 5. The lowest BCUT2D eigenvalue weighted by Gasteiger charge is -2.25. The fourth-order valence-electron chi connectivity index (χ4n) is 3.29. The molecule has 1 aliphatic rings. The van der Waals surface area contributed by atoms with Gasteiger partial charge in [-0.25, -0.2) is 13.6 Å². The molecule has 1 aliphatic heterocycles. The lowest BCUT2D eigenvalue weighted by Crippen LogP contribution is -2.48. The minimum atomic E-state index is -0.970. The summed E-state index contributed by atoms with van der Waals surface area (Å²) in [6.45, 7) is 0.368. The van der Waals surface area contributed by atoms with Crippen molar-refractivity contribution in [3.8, 4) is 0 Å². The first-order chi connectivity index (χ1) is 13.9. The fraction of sp³-hybridized carbons (Fsp3) is 0.333. The molecule has 3 atom stereocenters. The normalized spacial score (nSPS) is 19.4. The van der Waals surface area contributed by atoms with Gasteiger partial charge in [-0.15, -0.1) is 0 Å². The highest BCUT2D eigenvalue weighted by molar-refractivity contribution is 5.88. The summed E-state index contributed by atoms with van der Waals surface area (Å²) in [5, 5.41) is 5.50. The van der Waals surface area contributed by atoms with Crippen molar-refractivity contribution in [1.82, 2.24) is 15.5 Å². The van der Waals surface area contributed by atoms with Gasteiger partial charge in [0.05, 0.1) is 6.04 Å². The smallest absolute Gasteiger partial charge is 0.316 e. The summed E-state index contributed by atoms with van der Waals surface area (Å²) in [6, 6.07) is 10.6. The van der Waals surface area contributed by atoms with Crippen LogP contribution in [0.3, 0.4) is 0 Å². The van der Waals surface area contributed by atoms with Crippen LogP contribution < -0.4 is 10.6 Å². The molecular weight excluding hydrogens is 380 g/mol. The van der Waals surface area contributed by atoms with E-state index in [4.69, 9.17) is 4.74 Å². The highest BCUT2D eigenvalue weighted by Crippen LogP contribution is 2.30. The van der Waals surface area contributed by atoms with Crippen molar-refractivity contribution in [2.45, 2.75) is 24.6 Å². The van der Waals surface area contributed by atoms with Gasteiger partial charge in [-0.3, -0.25) is 4.79 Å². The number of carbonyl (C=O) groups excluding carboxylic acids is 2. The third-order valence-corrected chi connectivity index (χ3v) is 4.78. The standard InChI is InChI=1S/C21H23F2N3O3/c1-26(2)20(27)18(13-6-4-3-5-7-13)25-21(28)24-17-10-11-29-19(17)14-8-9-15(22)16(23)12-14/h3-9,12,17-19H,10-11H2,1-2H3,(H2,24,25,28)/t17-,18+,19+/m0/s1. The Morgan fingerprint density at radius 1 is 1.10 bits per heavy atom. The molecule has 2 aromatic carbocycles. The van der Waals surface area contributed by atoms with E-state index in [9.17, 15) is 18.4 Å². The minimum absolute atomic E-state index is 0.272. The number of hydrogen-bond acceptors (Lipinski definition) is 3. The molecular formula is C21H23F2N3O3. The van der Waals surface area contributed by atoms with Gasteiger partial charge < -0.3 is 20.3 Å². The maximum atomic E-state index is 13.6. The van der Waals surface area contributed by atoms with Crippen LogP contribution in [-0.2, 0) is 9.53 Å². The zero-order valence-electron chi connectivity index (χ0n) is 16.2. The SMILES string of the molecule is CN(C)C(=O)[C@H](NC(=O)N[C@H]1CCO[C@@H]1c1ccc(F)c(F)c1)c1ccccc1. The van der Waals surface area contributed by atoms with E-state index < -0.39 is 35.9 Å². The van der Waals surface area contributed by atoms with E-state index in [1.54, 1.807) is 38.4 Å². The van der Waals surface area contributed by atoms with Crippen LogP contribution >= 0.6 is 0 Å². The van der Waals surface area contributed by atoms with Gasteiger partial charge in [0, 0.05) is 20.7 Å². The number of carbonyl (C=O) groups is 2. The number of benzene rings is 2. The summed E-state index contributed by atoms with van der Waals surface area (Å²) in [6.07, 6.45) is -0.0927. The van der Waals surface area contributed by atoms with E-state index in [1.165, 1.54) is 11.0 Å². The Balaban J connectivity index is 1.72. The molecule has 2 N–H and O–H groups in total. The Morgan fingerprint density at radius 2 is 1.83 bits per heavy atom. The van der Waals surface area contributed by atoms with Gasteiger partial charge in [0.1, 0.15) is 12.1 Å². The van der Waals surface area contributed by atoms with Crippen LogP contribution in [0.1, 0.15) is 29.7 Å². The number of nitrogens with one attached hydrogen (secondary N) is 2. The quantitative estimate of drug-likeness (QED) is 0.807. The second-order valence-corrected chi connectivity index (χ2v) is 7.05. The average molecular weight is 403 g/mol. The monoisotopic (exact) mass is 403 g/mol. The molecule has 0 radical (unpaired) electrons. The molecule has 29 heavy (non-hydrogen) atoms. The minimum Gasteiger partial charge on any atom is -0.371 e. The highest BCUT2D eigenvalue weighted by Gasteiger charge is 2.33. The van der Waals surface area contributed by atoms with Gasteiger partial charge in [-0.1, -0.05) is 36.4 Å². The summed E-state index contributed by atoms with van der Waals surface area (Å²) in [5.74, 6) is -2.19. The number of amides is 3. The van der Waals surface area contributed by atoms with Crippen LogP contribution in [0, 0.1) is 11.6 Å². The Morgan fingerprint density at radius 3 is 2.48 bits per heavy atom. The molecule has 3 amide bonds. The Bertz CT molecular complexity index is 877. The third kappa shape index (κ3) is 4.89. The lowest BCUT2D eigenvalue weighted by atomic mass is 10.0. The predicted molar refractivity (Wildman–Crippen MR) is 103 cm³/mol. The van der Waals surface area contributed by atoms with Crippen LogP contribution in [0.5, 0.6) is 0 Å². The Labute approximate surface area is 167 Å². The molecule has 8 heteroatoms. The van der Waals surface area contributed by atoms with E-state index in [0.717, 1.165) is 12.1 Å². The van der Waals surface area contributed by atoms with Gasteiger partial charge in [0.25, 0.3) is 0 Å². The average Bonchev–Trinajstić information content (AvgIpc) is 3.16. The number of urea groups is 1. The zero-order valence-corrected chi connectivity index (χ0v) is 16.2. The summed E-state index contributed by atoms with van der Waals surface area (Å²) in [5.41, 5.74) is 1.09. The second-order valence-electron chi connectivity index (χ2n) is 7.05. The number of nitrogens with zero attached hydrogens (tertiary/aromatic N) is 1. The van der Waals surface area contributed by atoms with Crippen molar-refractivity contribution < 1.29 is 23.1 Å². The maximum Gasteiger partial charge on any atom is 0.316 e.